The fourth-order valence-corrected chi connectivity index (χ4v) is 4.33. The molecule has 2 aliphatic rings. The number of hydrogen-bond acceptors (Lipinski definition) is 4. The summed E-state index contributed by atoms with van der Waals surface area (Å²) in [6.45, 7) is 14.8. The van der Waals surface area contributed by atoms with Gasteiger partial charge in [-0.05, 0) is 31.0 Å². The van der Waals surface area contributed by atoms with E-state index >= 15 is 0 Å². The summed E-state index contributed by atoms with van der Waals surface area (Å²) in [5.41, 5.74) is 0. The monoisotopic (exact) mass is 353 g/mol. The highest BCUT2D eigenvalue weighted by Gasteiger charge is 2.52. The quantitative estimate of drug-likeness (QED) is 0.433. The molecule has 1 amide bonds. The number of nitrogens with zero attached hydrogens (tertiary/aromatic N) is 1. The van der Waals surface area contributed by atoms with Crippen molar-refractivity contribution in [3.05, 3.63) is 12.7 Å². The largest absolute Gasteiger partial charge is 0.467 e. The Bertz CT molecular complexity index is 522. The van der Waals surface area contributed by atoms with Crippen LogP contribution < -0.4 is 0 Å². The Kier molecular flexibility index (Phi) is 5.30. The van der Waals surface area contributed by atoms with E-state index in [0.29, 0.717) is 6.42 Å². The van der Waals surface area contributed by atoms with Gasteiger partial charge < -0.3 is 14.1 Å². The Hall–Kier alpha value is -1.14. The lowest BCUT2D eigenvalue weighted by Crippen LogP contribution is -2.49. The smallest absolute Gasteiger partial charge is 0.328 e. The highest BCUT2D eigenvalue weighted by Crippen LogP contribution is 2.42. The molecule has 0 N–H and O–H groups in total. The molecule has 1 saturated carbocycles. The summed E-state index contributed by atoms with van der Waals surface area (Å²) < 4.78 is 11.5. The average molecular weight is 354 g/mol. The molecule has 0 aromatic heterocycles. The fraction of sp³-hybridized carbons (Fsp3) is 0.778. The molecule has 0 aromatic rings. The SMILES string of the molecule is C=C[C@@H]1[C@@H](O[Si](C)(C)C(C)(C)C)C[C@H](C(=O)OC)N1C(=O)C1CC1. The number of methoxy groups -OCH3 is 1. The molecule has 3 atom stereocenters. The topological polar surface area (TPSA) is 55.8 Å². The van der Waals surface area contributed by atoms with Crippen LogP contribution in [0.5, 0.6) is 0 Å². The minimum absolute atomic E-state index is 0.0385. The van der Waals surface area contributed by atoms with E-state index in [4.69, 9.17) is 9.16 Å². The molecule has 0 radical (unpaired) electrons. The molecule has 0 bridgehead atoms. The molecule has 0 aromatic carbocycles. The molecule has 0 spiro atoms. The maximum atomic E-state index is 12.7. The molecule has 0 unspecified atom stereocenters. The van der Waals surface area contributed by atoms with Gasteiger partial charge in [0.25, 0.3) is 0 Å². The Morgan fingerprint density at radius 2 is 1.83 bits per heavy atom. The number of rotatable bonds is 5. The van der Waals surface area contributed by atoms with Crippen molar-refractivity contribution in [3.8, 4) is 0 Å². The zero-order valence-electron chi connectivity index (χ0n) is 15.8. The maximum absolute atomic E-state index is 12.7. The molecule has 1 heterocycles. The predicted molar refractivity (Wildman–Crippen MR) is 96.0 cm³/mol. The first-order chi connectivity index (χ1) is 11.0. The van der Waals surface area contributed by atoms with Gasteiger partial charge >= 0.3 is 5.97 Å². The second kappa shape index (κ2) is 6.63. The van der Waals surface area contributed by atoms with E-state index < -0.39 is 14.4 Å². The van der Waals surface area contributed by atoms with E-state index in [1.165, 1.54) is 7.11 Å². The molecule has 1 aliphatic carbocycles. The molecule has 2 fully saturated rings. The summed E-state index contributed by atoms with van der Waals surface area (Å²) in [6.07, 6.45) is 3.84. The third kappa shape index (κ3) is 3.59. The number of esters is 1. The first kappa shape index (κ1) is 19.2. The summed E-state index contributed by atoms with van der Waals surface area (Å²) in [6, 6.07) is -0.836. The third-order valence-corrected chi connectivity index (χ3v) is 10.1. The number of ether oxygens (including phenoxy) is 1. The van der Waals surface area contributed by atoms with E-state index in [2.05, 4.69) is 40.4 Å². The van der Waals surface area contributed by atoms with Crippen LogP contribution in [0.2, 0.25) is 18.1 Å². The van der Waals surface area contributed by atoms with Crippen LogP contribution in [0.3, 0.4) is 0 Å². The van der Waals surface area contributed by atoms with Crippen molar-refractivity contribution in [3.63, 3.8) is 0 Å². The highest BCUT2D eigenvalue weighted by atomic mass is 28.4. The lowest BCUT2D eigenvalue weighted by molar-refractivity contribution is -0.152. The zero-order valence-corrected chi connectivity index (χ0v) is 16.8. The van der Waals surface area contributed by atoms with E-state index in [0.717, 1.165) is 12.8 Å². The van der Waals surface area contributed by atoms with Crippen LogP contribution in [-0.2, 0) is 18.8 Å². The van der Waals surface area contributed by atoms with Gasteiger partial charge in [-0.25, -0.2) is 4.79 Å². The Balaban J connectivity index is 2.28. The lowest BCUT2D eigenvalue weighted by atomic mass is 10.1. The van der Waals surface area contributed by atoms with Gasteiger partial charge in [-0.3, -0.25) is 4.79 Å². The van der Waals surface area contributed by atoms with Gasteiger partial charge in [0, 0.05) is 12.3 Å². The first-order valence-corrected chi connectivity index (χ1v) is 11.6. The maximum Gasteiger partial charge on any atom is 0.328 e. The van der Waals surface area contributed by atoms with E-state index in [9.17, 15) is 9.59 Å². The van der Waals surface area contributed by atoms with Crippen LogP contribution in [-0.4, -0.2) is 50.4 Å². The highest BCUT2D eigenvalue weighted by molar-refractivity contribution is 6.74. The van der Waals surface area contributed by atoms with Crippen LogP contribution in [0.1, 0.15) is 40.0 Å². The number of hydrogen-bond donors (Lipinski definition) is 0. The van der Waals surface area contributed by atoms with Crippen molar-refractivity contribution in [1.29, 1.82) is 0 Å². The molecular weight excluding hydrogens is 322 g/mol. The van der Waals surface area contributed by atoms with Crippen LogP contribution >= 0.6 is 0 Å². The van der Waals surface area contributed by atoms with E-state index in [1.807, 2.05) is 0 Å². The van der Waals surface area contributed by atoms with Gasteiger partial charge in [0.05, 0.1) is 19.3 Å². The fourth-order valence-electron chi connectivity index (χ4n) is 2.99. The second-order valence-corrected chi connectivity index (χ2v) is 13.2. The molecule has 1 aliphatic heterocycles. The molecule has 6 heteroatoms. The van der Waals surface area contributed by atoms with Gasteiger partial charge in [0.2, 0.25) is 5.91 Å². The van der Waals surface area contributed by atoms with Gasteiger partial charge in [-0.2, -0.15) is 0 Å². The Labute approximate surface area is 146 Å². The van der Waals surface area contributed by atoms with Gasteiger partial charge in [0.15, 0.2) is 8.32 Å². The summed E-state index contributed by atoms with van der Waals surface area (Å²) >= 11 is 0. The van der Waals surface area contributed by atoms with Crippen LogP contribution in [0, 0.1) is 5.92 Å². The number of amides is 1. The minimum Gasteiger partial charge on any atom is -0.467 e. The van der Waals surface area contributed by atoms with Crippen molar-refractivity contribution in [1.82, 2.24) is 4.90 Å². The summed E-state index contributed by atoms with van der Waals surface area (Å²) in [7, 11) is -0.648. The van der Waals surface area contributed by atoms with Gasteiger partial charge in [-0.15, -0.1) is 6.58 Å². The van der Waals surface area contributed by atoms with Gasteiger partial charge in [0.1, 0.15) is 6.04 Å². The van der Waals surface area contributed by atoms with Crippen molar-refractivity contribution >= 4 is 20.2 Å². The van der Waals surface area contributed by atoms with Crippen LogP contribution in [0.15, 0.2) is 12.7 Å². The summed E-state index contributed by atoms with van der Waals surface area (Å²) in [5, 5.41) is 0.0629. The van der Waals surface area contributed by atoms with Crippen molar-refractivity contribution < 1.29 is 18.8 Å². The van der Waals surface area contributed by atoms with Crippen molar-refractivity contribution in [2.75, 3.05) is 7.11 Å². The molecular formula is C18H31NO4Si. The zero-order chi connectivity index (χ0) is 18.3. The summed E-state index contributed by atoms with van der Waals surface area (Å²) in [5.74, 6) is -0.278. The van der Waals surface area contributed by atoms with Gasteiger partial charge in [-0.1, -0.05) is 26.8 Å². The predicted octanol–water partition coefficient (Wildman–Crippen LogP) is 3.12. The molecule has 24 heavy (non-hydrogen) atoms. The lowest BCUT2D eigenvalue weighted by Gasteiger charge is -2.39. The summed E-state index contributed by atoms with van der Waals surface area (Å²) in [4.78, 5) is 26.7. The van der Waals surface area contributed by atoms with Crippen LogP contribution in [0.4, 0.5) is 0 Å². The number of likely N-dealkylation sites (tertiary alicyclic amines) is 1. The molecule has 2 rings (SSSR count). The molecule has 5 nitrogen and oxygen atoms in total. The first-order valence-electron chi connectivity index (χ1n) is 8.74. The number of carbonyl (C=O) groups is 2. The van der Waals surface area contributed by atoms with E-state index in [1.54, 1.807) is 11.0 Å². The van der Waals surface area contributed by atoms with Crippen molar-refractivity contribution in [2.45, 2.75) is 76.4 Å². The second-order valence-electron chi connectivity index (χ2n) is 8.44. The van der Waals surface area contributed by atoms with Crippen LogP contribution in [0.25, 0.3) is 0 Å². The number of carbonyl (C=O) groups excluding carboxylic acids is 2. The normalized spacial score (nSPS) is 27.9. The Morgan fingerprint density at radius 1 is 1.25 bits per heavy atom. The average Bonchev–Trinajstić information content (AvgIpc) is 3.26. The van der Waals surface area contributed by atoms with E-state index in [-0.39, 0.29) is 35.0 Å². The van der Waals surface area contributed by atoms with Crippen molar-refractivity contribution in [2.24, 2.45) is 5.92 Å². The molecule has 1 saturated heterocycles. The molecule has 136 valence electrons. The third-order valence-electron chi connectivity index (χ3n) is 5.64. The minimum atomic E-state index is -2.02. The standard InChI is InChI=1S/C18H31NO4Si/c1-8-13-15(23-24(6,7)18(2,3)4)11-14(17(21)22-5)19(13)16(20)12-9-10-12/h8,12-15H,1,9-11H2,2-7H3/t13-,14-,15+/m1/s1. The Morgan fingerprint density at radius 3 is 2.25 bits per heavy atom.